The Morgan fingerprint density at radius 1 is 1.19 bits per heavy atom. The largest absolute Gasteiger partial charge is 0.358 e. The molecule has 1 aromatic carbocycles. The fraction of sp³-hybridized carbons (Fsp3) is 0.333. The molecule has 2 amide bonds. The molecule has 26 heavy (non-hydrogen) atoms. The van der Waals surface area contributed by atoms with Gasteiger partial charge in [0.05, 0.1) is 10.4 Å². The van der Waals surface area contributed by atoms with E-state index in [-0.39, 0.29) is 5.56 Å². The van der Waals surface area contributed by atoms with Gasteiger partial charge in [-0.1, -0.05) is 0 Å². The molecule has 0 saturated carbocycles. The summed E-state index contributed by atoms with van der Waals surface area (Å²) in [6.07, 6.45) is 1.44. The number of carbonyl (C=O) groups is 2. The third kappa shape index (κ3) is 3.60. The van der Waals surface area contributed by atoms with Gasteiger partial charge in [0.2, 0.25) is 0 Å². The monoisotopic (exact) mass is 382 g/mol. The maximum atomic E-state index is 14.4. The van der Waals surface area contributed by atoms with Gasteiger partial charge in [0.25, 0.3) is 11.8 Å². The summed E-state index contributed by atoms with van der Waals surface area (Å²) >= 11 is 0.670. The van der Waals surface area contributed by atoms with Gasteiger partial charge < -0.3 is 10.2 Å². The number of anilines is 1. The van der Waals surface area contributed by atoms with Gasteiger partial charge in [0.1, 0.15) is 5.82 Å². The van der Waals surface area contributed by atoms with Crippen molar-refractivity contribution in [3.8, 4) is 0 Å². The summed E-state index contributed by atoms with van der Waals surface area (Å²) in [5.41, 5.74) is 0.749. The van der Waals surface area contributed by atoms with Gasteiger partial charge in [-0.3, -0.25) is 9.59 Å². The Balaban J connectivity index is 1.74. The number of halogens is 3. The Morgan fingerprint density at radius 2 is 1.88 bits per heavy atom. The van der Waals surface area contributed by atoms with Crippen LogP contribution in [0.1, 0.15) is 33.6 Å². The average Bonchev–Trinajstić information content (AvgIpc) is 3.29. The Hall–Kier alpha value is -2.35. The number of nitrogens with one attached hydrogen (secondary N) is 1. The van der Waals surface area contributed by atoms with E-state index in [4.69, 9.17) is 0 Å². The van der Waals surface area contributed by atoms with Crippen LogP contribution in [0.15, 0.2) is 29.6 Å². The summed E-state index contributed by atoms with van der Waals surface area (Å²) in [5, 5.41) is 3.82. The summed E-state index contributed by atoms with van der Waals surface area (Å²) in [4.78, 5) is 25.0. The molecule has 1 aromatic heterocycles. The summed E-state index contributed by atoms with van der Waals surface area (Å²) in [5.74, 6) is -5.87. The molecular weight excluding hydrogens is 365 g/mol. The molecule has 0 unspecified atom stereocenters. The highest BCUT2D eigenvalue weighted by molar-refractivity contribution is 7.10. The molecule has 0 bridgehead atoms. The minimum atomic E-state index is -3.65. The van der Waals surface area contributed by atoms with E-state index in [1.165, 1.54) is 23.6 Å². The van der Waals surface area contributed by atoms with Crippen molar-refractivity contribution >= 4 is 28.8 Å². The van der Waals surface area contributed by atoms with Crippen LogP contribution in [0.5, 0.6) is 0 Å². The van der Waals surface area contributed by atoms with Crippen molar-refractivity contribution in [2.75, 3.05) is 18.4 Å². The number of aryl methyl sites for hydroxylation is 1. The van der Waals surface area contributed by atoms with Gasteiger partial charge in [-0.15, -0.1) is 11.3 Å². The number of alkyl halides is 2. The first-order valence-electron chi connectivity index (χ1n) is 8.13. The predicted molar refractivity (Wildman–Crippen MR) is 93.1 cm³/mol. The van der Waals surface area contributed by atoms with Crippen molar-refractivity contribution in [1.29, 1.82) is 0 Å². The first-order chi connectivity index (χ1) is 12.3. The smallest absolute Gasteiger partial charge is 0.337 e. The van der Waals surface area contributed by atoms with Gasteiger partial charge in [0, 0.05) is 24.2 Å². The van der Waals surface area contributed by atoms with Crippen molar-refractivity contribution in [1.82, 2.24) is 4.90 Å². The number of likely N-dealkylation sites (tertiary alicyclic amines) is 1. The number of rotatable bonds is 4. The Morgan fingerprint density at radius 3 is 2.54 bits per heavy atom. The summed E-state index contributed by atoms with van der Waals surface area (Å²) < 4.78 is 42.2. The van der Waals surface area contributed by atoms with Gasteiger partial charge in [-0.2, -0.15) is 8.78 Å². The lowest BCUT2D eigenvalue weighted by molar-refractivity contribution is -0.157. The quantitative estimate of drug-likeness (QED) is 0.863. The molecule has 1 aliphatic heterocycles. The van der Waals surface area contributed by atoms with Crippen LogP contribution >= 0.6 is 11.3 Å². The van der Waals surface area contributed by atoms with E-state index in [1.54, 1.807) is 6.92 Å². The van der Waals surface area contributed by atoms with Gasteiger partial charge in [-0.05, 0) is 49.6 Å². The molecule has 0 aliphatic carbocycles. The number of hydrogen-bond acceptors (Lipinski definition) is 3. The zero-order valence-corrected chi connectivity index (χ0v) is 14.8. The van der Waals surface area contributed by atoms with Crippen molar-refractivity contribution < 1.29 is 22.8 Å². The number of hydrogen-bond donors (Lipinski definition) is 1. The lowest BCUT2D eigenvalue weighted by Gasteiger charge is -2.21. The zero-order chi connectivity index (χ0) is 18.9. The normalized spacial score (nSPS) is 14.5. The zero-order valence-electron chi connectivity index (χ0n) is 14.0. The number of carbonyl (C=O) groups excluding carboxylic acids is 2. The molecule has 4 nitrogen and oxygen atoms in total. The highest BCUT2D eigenvalue weighted by Crippen LogP contribution is 2.36. The van der Waals surface area contributed by atoms with Crippen LogP contribution in [0.4, 0.5) is 18.9 Å². The molecule has 2 aromatic rings. The fourth-order valence-corrected chi connectivity index (χ4v) is 3.63. The van der Waals surface area contributed by atoms with Crippen LogP contribution in [0, 0.1) is 12.7 Å². The van der Waals surface area contributed by atoms with E-state index in [1.807, 2.05) is 0 Å². The van der Waals surface area contributed by atoms with Crippen molar-refractivity contribution in [2.45, 2.75) is 25.7 Å². The molecule has 8 heteroatoms. The van der Waals surface area contributed by atoms with E-state index in [0.717, 1.165) is 23.8 Å². The van der Waals surface area contributed by atoms with Crippen LogP contribution in [0.3, 0.4) is 0 Å². The summed E-state index contributed by atoms with van der Waals surface area (Å²) in [6.45, 7) is 2.21. The second-order valence-electron chi connectivity index (χ2n) is 6.19. The molecule has 1 N–H and O–H groups in total. The molecule has 1 fully saturated rings. The molecule has 1 saturated heterocycles. The highest BCUT2D eigenvalue weighted by atomic mass is 32.1. The second-order valence-corrected chi connectivity index (χ2v) is 7.10. The van der Waals surface area contributed by atoms with Gasteiger partial charge in [-0.25, -0.2) is 4.39 Å². The van der Waals surface area contributed by atoms with Crippen LogP contribution in [0.2, 0.25) is 0 Å². The lowest BCUT2D eigenvalue weighted by Crippen LogP contribution is -2.39. The van der Waals surface area contributed by atoms with E-state index >= 15 is 0 Å². The predicted octanol–water partition coefficient (Wildman–Crippen LogP) is 4.16. The molecule has 138 valence electrons. The summed E-state index contributed by atoms with van der Waals surface area (Å²) in [6, 6.07) is 5.09. The molecule has 1 aliphatic rings. The second kappa shape index (κ2) is 7.11. The molecule has 0 radical (unpaired) electrons. The SMILES string of the molecule is Cc1cc(NC(=O)c2csc(C(F)(F)C(=O)N3CCCC3)c2)ccc1F. The van der Waals surface area contributed by atoms with Crippen molar-refractivity contribution in [2.24, 2.45) is 0 Å². The number of thiophene rings is 1. The first-order valence-corrected chi connectivity index (χ1v) is 9.00. The molecule has 2 heterocycles. The van der Waals surface area contributed by atoms with Crippen LogP contribution in [-0.4, -0.2) is 29.8 Å². The minimum absolute atomic E-state index is 0.0286. The van der Waals surface area contributed by atoms with Crippen molar-refractivity contribution in [3.05, 3.63) is 51.5 Å². The van der Waals surface area contributed by atoms with Gasteiger partial charge >= 0.3 is 5.92 Å². The molecule has 0 spiro atoms. The summed E-state index contributed by atoms with van der Waals surface area (Å²) in [7, 11) is 0. The van der Waals surface area contributed by atoms with Crippen molar-refractivity contribution in [3.63, 3.8) is 0 Å². The Bertz CT molecular complexity index is 845. The van der Waals surface area contributed by atoms with Crippen LogP contribution < -0.4 is 5.32 Å². The number of nitrogens with zero attached hydrogens (tertiary/aromatic N) is 1. The Kier molecular flexibility index (Phi) is 5.04. The third-order valence-electron chi connectivity index (χ3n) is 4.25. The molecule has 0 atom stereocenters. The fourth-order valence-electron chi connectivity index (χ4n) is 2.77. The lowest BCUT2D eigenvalue weighted by atomic mass is 10.2. The standard InChI is InChI=1S/C18H17F3N2O2S/c1-11-8-13(4-5-14(11)19)22-16(24)12-9-15(26-10-12)18(20,21)17(25)23-6-2-3-7-23/h4-5,8-10H,2-3,6-7H2,1H3,(H,22,24). The topological polar surface area (TPSA) is 49.4 Å². The van der Waals surface area contributed by atoms with E-state index in [9.17, 15) is 22.8 Å². The molecule has 3 rings (SSSR count). The highest BCUT2D eigenvalue weighted by Gasteiger charge is 2.45. The minimum Gasteiger partial charge on any atom is -0.337 e. The maximum Gasteiger partial charge on any atom is 0.358 e. The van der Waals surface area contributed by atoms with Crippen LogP contribution in [-0.2, 0) is 10.7 Å². The van der Waals surface area contributed by atoms with Crippen LogP contribution in [0.25, 0.3) is 0 Å². The average molecular weight is 382 g/mol. The van der Waals surface area contributed by atoms with Gasteiger partial charge in [0.15, 0.2) is 0 Å². The van der Waals surface area contributed by atoms with E-state index in [0.29, 0.717) is 35.7 Å². The number of amides is 2. The molecular formula is C18H17F3N2O2S. The van der Waals surface area contributed by atoms with E-state index < -0.39 is 28.4 Å². The first kappa shape index (κ1) is 18.4. The number of benzene rings is 1. The third-order valence-corrected chi connectivity index (χ3v) is 5.25. The van der Waals surface area contributed by atoms with E-state index in [2.05, 4.69) is 5.32 Å². The Labute approximate surface area is 152 Å². The maximum absolute atomic E-state index is 14.4.